The van der Waals surface area contributed by atoms with E-state index in [0.717, 1.165) is 14.5 Å². The summed E-state index contributed by atoms with van der Waals surface area (Å²) in [6.45, 7) is 0. The fourth-order valence-corrected chi connectivity index (χ4v) is 4.25. The minimum Gasteiger partial charge on any atom is -0.272 e. The SMILES string of the molecule is O=C(CSc1nc2ccccc2c(=O)n1-c1ccc(Br)cc1)NN=Cc1ccc(Br)cc1. The molecule has 0 aliphatic heterocycles. The van der Waals surface area contributed by atoms with Crippen molar-refractivity contribution in [2.45, 2.75) is 5.16 Å². The molecule has 6 nitrogen and oxygen atoms in total. The summed E-state index contributed by atoms with van der Waals surface area (Å²) >= 11 is 7.97. The van der Waals surface area contributed by atoms with Gasteiger partial charge >= 0.3 is 0 Å². The van der Waals surface area contributed by atoms with Crippen molar-refractivity contribution in [1.29, 1.82) is 0 Å². The molecule has 32 heavy (non-hydrogen) atoms. The smallest absolute Gasteiger partial charge is 0.266 e. The van der Waals surface area contributed by atoms with Crippen molar-refractivity contribution in [2.24, 2.45) is 5.10 Å². The molecule has 0 aliphatic rings. The van der Waals surface area contributed by atoms with E-state index in [1.165, 1.54) is 16.3 Å². The molecule has 0 saturated heterocycles. The number of thioether (sulfide) groups is 1. The monoisotopic (exact) mass is 570 g/mol. The second-order valence-corrected chi connectivity index (χ2v) is 9.44. The van der Waals surface area contributed by atoms with E-state index in [4.69, 9.17) is 0 Å². The number of amides is 1. The van der Waals surface area contributed by atoms with Gasteiger partial charge in [0.2, 0.25) is 0 Å². The molecule has 4 rings (SSSR count). The number of halogens is 2. The zero-order chi connectivity index (χ0) is 22.5. The summed E-state index contributed by atoms with van der Waals surface area (Å²) in [4.78, 5) is 30.2. The molecule has 3 aromatic carbocycles. The lowest BCUT2D eigenvalue weighted by molar-refractivity contribution is -0.118. The molecule has 0 radical (unpaired) electrons. The van der Waals surface area contributed by atoms with Gasteiger partial charge in [-0.3, -0.25) is 14.2 Å². The summed E-state index contributed by atoms with van der Waals surface area (Å²) in [5, 5.41) is 4.94. The average molecular weight is 572 g/mol. The molecule has 1 aromatic heterocycles. The number of fused-ring (bicyclic) bond motifs is 1. The number of aromatic nitrogens is 2. The van der Waals surface area contributed by atoms with Gasteiger partial charge in [-0.2, -0.15) is 5.10 Å². The van der Waals surface area contributed by atoms with E-state index < -0.39 is 0 Å². The van der Waals surface area contributed by atoms with E-state index in [9.17, 15) is 9.59 Å². The van der Waals surface area contributed by atoms with E-state index in [2.05, 4.69) is 47.4 Å². The molecule has 0 saturated carbocycles. The maximum Gasteiger partial charge on any atom is 0.266 e. The van der Waals surface area contributed by atoms with Gasteiger partial charge < -0.3 is 0 Å². The fourth-order valence-electron chi connectivity index (χ4n) is 2.92. The Labute approximate surface area is 205 Å². The summed E-state index contributed by atoms with van der Waals surface area (Å²) in [5.41, 5.74) is 4.45. The minimum absolute atomic E-state index is 0.0545. The first-order chi connectivity index (χ1) is 15.5. The highest BCUT2D eigenvalue weighted by molar-refractivity contribution is 9.10. The van der Waals surface area contributed by atoms with Crippen LogP contribution in [0.3, 0.4) is 0 Å². The maximum atomic E-state index is 13.2. The number of rotatable bonds is 6. The van der Waals surface area contributed by atoms with Crippen LogP contribution in [-0.2, 0) is 4.79 Å². The van der Waals surface area contributed by atoms with Crippen LogP contribution < -0.4 is 11.0 Å². The Kier molecular flexibility index (Phi) is 7.19. The van der Waals surface area contributed by atoms with Crippen molar-refractivity contribution in [3.05, 3.63) is 97.7 Å². The number of nitrogens with zero attached hydrogens (tertiary/aromatic N) is 3. The topological polar surface area (TPSA) is 76.3 Å². The zero-order valence-corrected chi connectivity index (χ0v) is 20.5. The van der Waals surface area contributed by atoms with Gasteiger partial charge in [0.05, 0.1) is 28.6 Å². The predicted molar refractivity (Wildman–Crippen MR) is 136 cm³/mol. The van der Waals surface area contributed by atoms with Crippen molar-refractivity contribution < 1.29 is 4.79 Å². The van der Waals surface area contributed by atoms with Gasteiger partial charge in [-0.15, -0.1) is 0 Å². The molecule has 1 amide bonds. The lowest BCUT2D eigenvalue weighted by atomic mass is 10.2. The van der Waals surface area contributed by atoms with Crippen LogP contribution in [0, 0.1) is 0 Å². The first-order valence-electron chi connectivity index (χ1n) is 9.49. The van der Waals surface area contributed by atoms with Crippen LogP contribution in [0.2, 0.25) is 0 Å². The van der Waals surface area contributed by atoms with E-state index in [-0.39, 0.29) is 17.2 Å². The summed E-state index contributed by atoms with van der Waals surface area (Å²) in [5.74, 6) is -0.243. The van der Waals surface area contributed by atoms with Gasteiger partial charge in [-0.1, -0.05) is 67.9 Å². The van der Waals surface area contributed by atoms with Crippen LogP contribution in [0.25, 0.3) is 16.6 Å². The number of hydrogen-bond acceptors (Lipinski definition) is 5. The fraction of sp³-hybridized carbons (Fsp3) is 0.0435. The normalized spacial score (nSPS) is 11.2. The first kappa shape index (κ1) is 22.4. The highest BCUT2D eigenvalue weighted by Crippen LogP contribution is 2.22. The van der Waals surface area contributed by atoms with Crippen LogP contribution >= 0.6 is 43.6 Å². The molecular formula is C23H16Br2N4O2S. The van der Waals surface area contributed by atoms with Crippen molar-refractivity contribution in [1.82, 2.24) is 15.0 Å². The molecule has 4 aromatic rings. The summed E-state index contributed by atoms with van der Waals surface area (Å²) in [7, 11) is 0. The third kappa shape index (κ3) is 5.35. The Hall–Kier alpha value is -2.75. The van der Waals surface area contributed by atoms with Gasteiger partial charge in [0, 0.05) is 8.95 Å². The number of carbonyl (C=O) groups excluding carboxylic acids is 1. The van der Waals surface area contributed by atoms with Crippen LogP contribution in [0.1, 0.15) is 5.56 Å². The Balaban J connectivity index is 1.56. The van der Waals surface area contributed by atoms with E-state index in [1.807, 2.05) is 54.6 Å². The van der Waals surface area contributed by atoms with Gasteiger partial charge in [-0.05, 0) is 54.1 Å². The third-order valence-corrected chi connectivity index (χ3v) is 6.43. The highest BCUT2D eigenvalue weighted by atomic mass is 79.9. The highest BCUT2D eigenvalue weighted by Gasteiger charge is 2.14. The number of hydrazone groups is 1. The van der Waals surface area contributed by atoms with Crippen LogP contribution in [0.15, 0.2) is 96.8 Å². The third-order valence-electron chi connectivity index (χ3n) is 4.43. The second-order valence-electron chi connectivity index (χ2n) is 6.66. The predicted octanol–water partition coefficient (Wildman–Crippen LogP) is 5.15. The van der Waals surface area contributed by atoms with Crippen molar-refractivity contribution in [2.75, 3.05) is 5.75 Å². The van der Waals surface area contributed by atoms with Gasteiger partial charge in [0.25, 0.3) is 11.5 Å². The summed E-state index contributed by atoms with van der Waals surface area (Å²) in [6.07, 6.45) is 1.57. The van der Waals surface area contributed by atoms with E-state index >= 15 is 0 Å². The molecule has 1 N–H and O–H groups in total. The Bertz CT molecular complexity index is 1350. The summed E-state index contributed by atoms with van der Waals surface area (Å²) in [6, 6.07) is 22.1. The van der Waals surface area contributed by atoms with Crippen molar-refractivity contribution in [3.8, 4) is 5.69 Å². The lowest BCUT2D eigenvalue weighted by Gasteiger charge is -2.13. The van der Waals surface area contributed by atoms with Crippen LogP contribution in [0.5, 0.6) is 0 Å². The number of benzene rings is 3. The molecule has 0 atom stereocenters. The molecular weight excluding hydrogens is 556 g/mol. The second kappa shape index (κ2) is 10.2. The Morgan fingerprint density at radius 2 is 1.66 bits per heavy atom. The molecule has 0 aliphatic carbocycles. The van der Waals surface area contributed by atoms with Crippen LogP contribution in [-0.4, -0.2) is 27.4 Å². The Morgan fingerprint density at radius 3 is 2.38 bits per heavy atom. The Morgan fingerprint density at radius 1 is 1.00 bits per heavy atom. The molecule has 1 heterocycles. The van der Waals surface area contributed by atoms with Crippen molar-refractivity contribution >= 4 is 66.6 Å². The summed E-state index contributed by atoms with van der Waals surface area (Å²) < 4.78 is 3.40. The van der Waals surface area contributed by atoms with E-state index in [1.54, 1.807) is 24.4 Å². The average Bonchev–Trinajstić information content (AvgIpc) is 2.80. The molecule has 160 valence electrons. The molecule has 0 spiro atoms. The minimum atomic E-state index is -0.298. The molecule has 9 heteroatoms. The number of hydrogen-bond donors (Lipinski definition) is 1. The van der Waals surface area contributed by atoms with E-state index in [0.29, 0.717) is 21.7 Å². The van der Waals surface area contributed by atoms with Gasteiger partial charge in [0.15, 0.2) is 5.16 Å². The van der Waals surface area contributed by atoms with Crippen LogP contribution in [0.4, 0.5) is 0 Å². The standard InChI is InChI=1S/C23H16Br2N4O2S/c24-16-7-5-15(6-8-16)13-26-28-21(30)14-32-23-27-20-4-2-1-3-19(20)22(31)29(23)18-11-9-17(25)10-12-18/h1-13H,14H2,(H,28,30). The quantitative estimate of drug-likeness (QED) is 0.150. The molecule has 0 bridgehead atoms. The van der Waals surface area contributed by atoms with Crippen molar-refractivity contribution in [3.63, 3.8) is 0 Å². The lowest BCUT2D eigenvalue weighted by Crippen LogP contribution is -2.24. The number of para-hydroxylation sites is 1. The van der Waals surface area contributed by atoms with Gasteiger partial charge in [-0.25, -0.2) is 10.4 Å². The van der Waals surface area contributed by atoms with Gasteiger partial charge in [0.1, 0.15) is 0 Å². The molecule has 0 fully saturated rings. The largest absolute Gasteiger partial charge is 0.272 e. The maximum absolute atomic E-state index is 13.2. The zero-order valence-electron chi connectivity index (χ0n) is 16.5. The molecule has 0 unspecified atom stereocenters. The number of nitrogens with one attached hydrogen (secondary N) is 1. The first-order valence-corrected chi connectivity index (χ1v) is 12.1. The number of carbonyl (C=O) groups is 1.